The molecule has 5 heteroatoms. The van der Waals surface area contributed by atoms with Crippen LogP contribution in [0.3, 0.4) is 0 Å². The first-order valence-corrected chi connectivity index (χ1v) is 2.80. The summed E-state index contributed by atoms with van der Waals surface area (Å²) in [4.78, 5) is 0. The van der Waals surface area contributed by atoms with E-state index in [9.17, 15) is 13.2 Å². The van der Waals surface area contributed by atoms with Crippen molar-refractivity contribution in [3.05, 3.63) is 23.5 Å². The molecule has 11 heavy (non-hydrogen) atoms. The van der Waals surface area contributed by atoms with Crippen molar-refractivity contribution in [2.24, 2.45) is 11.5 Å². The first-order valence-electron chi connectivity index (χ1n) is 2.80. The Morgan fingerprint density at radius 3 is 1.91 bits per heavy atom. The standard InChI is InChI=1S/C6H9F3N2/c1-4(10)2-3-5(11)6(7,8)9/h2-3H,10-11H2,1H3/b4-2-,5-3-. The SMILES string of the molecule is C/C(N)=C/C=C(\N)C(F)(F)F. The molecule has 0 fully saturated rings. The van der Waals surface area contributed by atoms with Crippen LogP contribution in [-0.2, 0) is 0 Å². The van der Waals surface area contributed by atoms with Gasteiger partial charge in [0.25, 0.3) is 0 Å². The fraction of sp³-hybridized carbons (Fsp3) is 0.333. The quantitative estimate of drug-likeness (QED) is 0.576. The molecule has 0 rings (SSSR count). The molecule has 0 saturated heterocycles. The molecule has 0 spiro atoms. The molecule has 64 valence electrons. The summed E-state index contributed by atoms with van der Waals surface area (Å²) < 4.78 is 34.9. The highest BCUT2D eigenvalue weighted by molar-refractivity contribution is 5.15. The molecule has 2 nitrogen and oxygen atoms in total. The zero-order valence-corrected chi connectivity index (χ0v) is 5.94. The lowest BCUT2D eigenvalue weighted by Crippen LogP contribution is -2.18. The fourth-order valence-electron chi connectivity index (χ4n) is 0.316. The second kappa shape index (κ2) is 3.32. The topological polar surface area (TPSA) is 52.0 Å². The number of nitrogens with two attached hydrogens (primary N) is 2. The molecule has 0 aromatic rings. The molecule has 0 heterocycles. The average molecular weight is 166 g/mol. The van der Waals surface area contributed by atoms with Crippen LogP contribution in [-0.4, -0.2) is 6.18 Å². The maximum absolute atomic E-state index is 11.6. The number of hydrogen-bond acceptors (Lipinski definition) is 2. The predicted octanol–water partition coefficient (Wildman–Crippen LogP) is 1.25. The largest absolute Gasteiger partial charge is 0.430 e. The van der Waals surface area contributed by atoms with Crippen molar-refractivity contribution in [3.63, 3.8) is 0 Å². The lowest BCUT2D eigenvalue weighted by atomic mass is 10.3. The van der Waals surface area contributed by atoms with Crippen LogP contribution in [0.4, 0.5) is 13.2 Å². The average Bonchev–Trinajstić information content (AvgIpc) is 1.80. The first-order chi connectivity index (χ1) is 4.84. The Morgan fingerprint density at radius 2 is 1.64 bits per heavy atom. The maximum Gasteiger partial charge on any atom is 0.430 e. The van der Waals surface area contributed by atoms with E-state index in [0.717, 1.165) is 12.2 Å². The van der Waals surface area contributed by atoms with E-state index < -0.39 is 11.9 Å². The molecule has 4 N–H and O–H groups in total. The predicted molar refractivity (Wildman–Crippen MR) is 36.3 cm³/mol. The van der Waals surface area contributed by atoms with E-state index in [1.54, 1.807) is 0 Å². The van der Waals surface area contributed by atoms with Crippen LogP contribution in [0.2, 0.25) is 0 Å². The van der Waals surface area contributed by atoms with Gasteiger partial charge in [-0.2, -0.15) is 13.2 Å². The normalized spacial score (nSPS) is 15.3. The third-order valence-electron chi connectivity index (χ3n) is 0.853. The lowest BCUT2D eigenvalue weighted by molar-refractivity contribution is -0.0926. The highest BCUT2D eigenvalue weighted by Gasteiger charge is 2.30. The molecular formula is C6H9F3N2. The molecule has 0 aromatic carbocycles. The minimum atomic E-state index is -4.47. The zero-order chi connectivity index (χ0) is 9.07. The van der Waals surface area contributed by atoms with Crippen LogP contribution in [0.1, 0.15) is 6.92 Å². The van der Waals surface area contributed by atoms with Gasteiger partial charge in [-0.05, 0) is 19.1 Å². The Balaban J connectivity index is 4.36. The van der Waals surface area contributed by atoms with Gasteiger partial charge in [-0.15, -0.1) is 0 Å². The minimum Gasteiger partial charge on any atom is -0.402 e. The molecule has 0 aliphatic heterocycles. The molecule has 0 amide bonds. The van der Waals surface area contributed by atoms with Gasteiger partial charge in [0.05, 0.1) is 0 Å². The molecule has 0 aromatic heterocycles. The van der Waals surface area contributed by atoms with Crippen LogP contribution < -0.4 is 11.5 Å². The van der Waals surface area contributed by atoms with Crippen molar-refractivity contribution in [2.45, 2.75) is 13.1 Å². The third kappa shape index (κ3) is 4.30. The smallest absolute Gasteiger partial charge is 0.402 e. The summed E-state index contributed by atoms with van der Waals surface area (Å²) in [6, 6.07) is 0. The van der Waals surface area contributed by atoms with E-state index in [0.29, 0.717) is 0 Å². The van der Waals surface area contributed by atoms with Gasteiger partial charge in [-0.3, -0.25) is 0 Å². The monoisotopic (exact) mass is 166 g/mol. The van der Waals surface area contributed by atoms with Gasteiger partial charge in [0.15, 0.2) is 0 Å². The Kier molecular flexibility index (Phi) is 2.98. The van der Waals surface area contributed by atoms with Gasteiger partial charge in [0, 0.05) is 5.70 Å². The summed E-state index contributed by atoms with van der Waals surface area (Å²) in [5.41, 5.74) is 8.84. The van der Waals surface area contributed by atoms with Crippen molar-refractivity contribution >= 4 is 0 Å². The second-order valence-corrected chi connectivity index (χ2v) is 2.03. The highest BCUT2D eigenvalue weighted by Crippen LogP contribution is 2.20. The summed E-state index contributed by atoms with van der Waals surface area (Å²) in [6.45, 7) is 1.47. The third-order valence-corrected chi connectivity index (χ3v) is 0.853. The summed E-state index contributed by atoms with van der Waals surface area (Å²) in [5.74, 6) is 0. The van der Waals surface area contributed by atoms with Crippen LogP contribution in [0, 0.1) is 0 Å². The summed E-state index contributed by atoms with van der Waals surface area (Å²) in [6.07, 6.45) is -2.63. The van der Waals surface area contributed by atoms with E-state index in [2.05, 4.69) is 5.73 Å². The van der Waals surface area contributed by atoms with E-state index >= 15 is 0 Å². The molecule has 0 unspecified atom stereocenters. The van der Waals surface area contributed by atoms with Crippen LogP contribution in [0.25, 0.3) is 0 Å². The number of allylic oxidation sites excluding steroid dienone is 4. The van der Waals surface area contributed by atoms with Crippen molar-refractivity contribution < 1.29 is 13.2 Å². The van der Waals surface area contributed by atoms with Gasteiger partial charge < -0.3 is 11.5 Å². The summed E-state index contributed by atoms with van der Waals surface area (Å²) in [7, 11) is 0. The van der Waals surface area contributed by atoms with Crippen molar-refractivity contribution in [3.8, 4) is 0 Å². The van der Waals surface area contributed by atoms with Gasteiger partial charge in [-0.25, -0.2) is 0 Å². The summed E-state index contributed by atoms with van der Waals surface area (Å²) in [5, 5.41) is 0. The fourth-order valence-corrected chi connectivity index (χ4v) is 0.316. The van der Waals surface area contributed by atoms with Gasteiger partial charge in [0.1, 0.15) is 5.70 Å². The number of rotatable bonds is 1. The second-order valence-electron chi connectivity index (χ2n) is 2.03. The molecule has 0 aliphatic carbocycles. The molecule has 0 saturated carbocycles. The molecule has 0 atom stereocenters. The van der Waals surface area contributed by atoms with Crippen LogP contribution in [0.5, 0.6) is 0 Å². The first kappa shape index (κ1) is 9.87. The van der Waals surface area contributed by atoms with E-state index in [1.807, 2.05) is 0 Å². The van der Waals surface area contributed by atoms with Gasteiger partial charge in [0.2, 0.25) is 0 Å². The number of halogens is 3. The Labute approximate surface area is 62.4 Å². The summed E-state index contributed by atoms with van der Waals surface area (Å²) >= 11 is 0. The molecule has 0 radical (unpaired) electrons. The Hall–Kier alpha value is -1.13. The lowest BCUT2D eigenvalue weighted by Gasteiger charge is -2.03. The highest BCUT2D eigenvalue weighted by atomic mass is 19.4. The molecular weight excluding hydrogens is 157 g/mol. The van der Waals surface area contributed by atoms with Gasteiger partial charge in [-0.1, -0.05) is 0 Å². The van der Waals surface area contributed by atoms with E-state index in [-0.39, 0.29) is 5.70 Å². The Morgan fingerprint density at radius 1 is 1.18 bits per heavy atom. The van der Waals surface area contributed by atoms with Crippen LogP contribution >= 0.6 is 0 Å². The van der Waals surface area contributed by atoms with E-state index in [4.69, 9.17) is 5.73 Å². The minimum absolute atomic E-state index is 0.275. The zero-order valence-electron chi connectivity index (χ0n) is 5.94. The van der Waals surface area contributed by atoms with Gasteiger partial charge >= 0.3 is 6.18 Å². The maximum atomic E-state index is 11.6. The molecule has 0 aliphatic rings. The van der Waals surface area contributed by atoms with Crippen molar-refractivity contribution in [1.82, 2.24) is 0 Å². The van der Waals surface area contributed by atoms with Crippen molar-refractivity contribution in [2.75, 3.05) is 0 Å². The van der Waals surface area contributed by atoms with Crippen molar-refractivity contribution in [1.29, 1.82) is 0 Å². The number of alkyl halides is 3. The van der Waals surface area contributed by atoms with E-state index in [1.165, 1.54) is 6.92 Å². The number of hydrogen-bond donors (Lipinski definition) is 2. The van der Waals surface area contributed by atoms with Crippen LogP contribution in [0.15, 0.2) is 23.5 Å². The Bertz CT molecular complexity index is 186. The molecule has 0 bridgehead atoms.